The summed E-state index contributed by atoms with van der Waals surface area (Å²) in [4.78, 5) is 0. The molecule has 0 aromatic heterocycles. The van der Waals surface area contributed by atoms with Gasteiger partial charge in [-0.25, -0.2) is 4.39 Å². The molecule has 3 rings (SSSR count). The molecular formula is C28H33FO. The lowest BCUT2D eigenvalue weighted by Crippen LogP contribution is -2.18. The molecule has 3 aromatic rings. The van der Waals surface area contributed by atoms with Crippen molar-refractivity contribution in [3.05, 3.63) is 95.3 Å². The second-order valence-electron chi connectivity index (χ2n) is 9.77. The first-order valence-corrected chi connectivity index (χ1v) is 10.8. The molecule has 2 heteroatoms. The van der Waals surface area contributed by atoms with Crippen LogP contribution < -0.4 is 4.74 Å². The van der Waals surface area contributed by atoms with E-state index >= 15 is 0 Å². The van der Waals surface area contributed by atoms with Crippen molar-refractivity contribution in [1.82, 2.24) is 0 Å². The second kappa shape index (κ2) is 9.04. The standard InChI is InChI=1S/C28H33FO/c1-27(2,3)22-11-13-23(14-12-22)28(4,5)19-7-9-21-8-6-10-26(20-21)30-25-17-15-24(29)16-18-25/h6,8,10-18,20H,7,9,19H2,1-5H3. The summed E-state index contributed by atoms with van der Waals surface area (Å²) in [7, 11) is 0. The lowest BCUT2D eigenvalue weighted by Gasteiger charge is -2.27. The van der Waals surface area contributed by atoms with Crippen LogP contribution in [0.1, 0.15) is 64.2 Å². The van der Waals surface area contributed by atoms with Gasteiger partial charge in [-0.05, 0) is 83.2 Å². The van der Waals surface area contributed by atoms with Crippen molar-refractivity contribution in [3.63, 3.8) is 0 Å². The molecule has 3 aromatic carbocycles. The van der Waals surface area contributed by atoms with Gasteiger partial charge in [0.25, 0.3) is 0 Å². The number of ether oxygens (including phenoxy) is 1. The minimum absolute atomic E-state index is 0.138. The zero-order chi connectivity index (χ0) is 21.8. The van der Waals surface area contributed by atoms with Crippen molar-refractivity contribution in [2.75, 3.05) is 0 Å². The van der Waals surface area contributed by atoms with Crippen LogP contribution in [0.5, 0.6) is 11.5 Å². The van der Waals surface area contributed by atoms with Crippen LogP contribution in [0.4, 0.5) is 4.39 Å². The maximum absolute atomic E-state index is 13.1. The summed E-state index contributed by atoms with van der Waals surface area (Å²) in [5, 5.41) is 0. The molecule has 1 nitrogen and oxygen atoms in total. The van der Waals surface area contributed by atoms with Crippen molar-refractivity contribution in [1.29, 1.82) is 0 Å². The highest BCUT2D eigenvalue weighted by Crippen LogP contribution is 2.32. The van der Waals surface area contributed by atoms with Crippen LogP contribution in [-0.2, 0) is 17.3 Å². The molecule has 0 unspecified atom stereocenters. The molecule has 0 N–H and O–H groups in total. The molecule has 158 valence electrons. The highest BCUT2D eigenvalue weighted by Gasteiger charge is 2.21. The van der Waals surface area contributed by atoms with E-state index in [1.54, 1.807) is 12.1 Å². The molecule has 0 spiro atoms. The van der Waals surface area contributed by atoms with Crippen LogP contribution in [0.2, 0.25) is 0 Å². The van der Waals surface area contributed by atoms with E-state index < -0.39 is 0 Å². The molecule has 0 bridgehead atoms. The number of hydrogen-bond donors (Lipinski definition) is 0. The largest absolute Gasteiger partial charge is 0.457 e. The molecule has 0 heterocycles. The van der Waals surface area contributed by atoms with Gasteiger partial charge in [-0.1, -0.05) is 71.0 Å². The monoisotopic (exact) mass is 404 g/mol. The first-order valence-electron chi connectivity index (χ1n) is 10.8. The van der Waals surface area contributed by atoms with Gasteiger partial charge < -0.3 is 4.74 Å². The smallest absolute Gasteiger partial charge is 0.127 e. The van der Waals surface area contributed by atoms with Crippen molar-refractivity contribution in [2.24, 2.45) is 0 Å². The van der Waals surface area contributed by atoms with E-state index in [0.717, 1.165) is 25.0 Å². The Hall–Kier alpha value is -2.61. The van der Waals surface area contributed by atoms with Crippen molar-refractivity contribution in [2.45, 2.75) is 64.7 Å². The third-order valence-electron chi connectivity index (χ3n) is 5.75. The summed E-state index contributed by atoms with van der Waals surface area (Å²) in [6.45, 7) is 11.4. The summed E-state index contributed by atoms with van der Waals surface area (Å²) < 4.78 is 18.9. The number of aryl methyl sites for hydroxylation is 1. The van der Waals surface area contributed by atoms with Gasteiger partial charge in [-0.3, -0.25) is 0 Å². The van der Waals surface area contributed by atoms with Gasteiger partial charge in [0.15, 0.2) is 0 Å². The molecule has 0 saturated heterocycles. The molecule has 0 saturated carbocycles. The van der Waals surface area contributed by atoms with Gasteiger partial charge in [-0.15, -0.1) is 0 Å². The van der Waals surface area contributed by atoms with Gasteiger partial charge in [0, 0.05) is 0 Å². The SMILES string of the molecule is CC(C)(C)c1ccc(C(C)(C)CCCc2cccc(Oc3ccc(F)cc3)c2)cc1. The Bertz CT molecular complexity index is 947. The minimum atomic E-state index is -0.258. The quantitative estimate of drug-likeness (QED) is 0.385. The highest BCUT2D eigenvalue weighted by atomic mass is 19.1. The predicted molar refractivity (Wildman–Crippen MR) is 124 cm³/mol. The molecule has 0 fully saturated rings. The first kappa shape index (κ1) is 22.1. The predicted octanol–water partition coefficient (Wildman–Crippen LogP) is 8.22. The van der Waals surface area contributed by atoms with Gasteiger partial charge in [-0.2, -0.15) is 0 Å². The summed E-state index contributed by atoms with van der Waals surface area (Å²) in [6, 6.07) is 23.4. The van der Waals surface area contributed by atoms with E-state index in [1.807, 2.05) is 12.1 Å². The van der Waals surface area contributed by atoms with Crippen molar-refractivity contribution < 1.29 is 9.13 Å². The summed E-state index contributed by atoms with van der Waals surface area (Å²) in [5.41, 5.74) is 4.35. The van der Waals surface area contributed by atoms with Crippen LogP contribution in [0.25, 0.3) is 0 Å². The Morgan fingerprint density at radius 2 is 1.37 bits per heavy atom. The maximum atomic E-state index is 13.1. The third kappa shape index (κ3) is 5.95. The van der Waals surface area contributed by atoms with Crippen molar-refractivity contribution >= 4 is 0 Å². The molecule has 0 atom stereocenters. The van der Waals surface area contributed by atoms with Crippen LogP contribution >= 0.6 is 0 Å². The van der Waals surface area contributed by atoms with E-state index in [2.05, 4.69) is 71.0 Å². The summed E-state index contributed by atoms with van der Waals surface area (Å²) >= 11 is 0. The van der Waals surface area contributed by atoms with Crippen LogP contribution in [0.15, 0.2) is 72.8 Å². The lowest BCUT2D eigenvalue weighted by atomic mass is 9.78. The molecule has 0 amide bonds. The number of hydrogen-bond acceptors (Lipinski definition) is 1. The zero-order valence-corrected chi connectivity index (χ0v) is 18.8. The van der Waals surface area contributed by atoms with Crippen LogP contribution in [0.3, 0.4) is 0 Å². The first-order chi connectivity index (χ1) is 14.1. The second-order valence-corrected chi connectivity index (χ2v) is 9.77. The Labute approximate surface area is 180 Å². The number of benzene rings is 3. The fraction of sp³-hybridized carbons (Fsp3) is 0.357. The fourth-order valence-electron chi connectivity index (χ4n) is 3.70. The molecule has 0 aliphatic carbocycles. The van der Waals surface area contributed by atoms with E-state index in [9.17, 15) is 4.39 Å². The number of halogens is 1. The lowest BCUT2D eigenvalue weighted by molar-refractivity contribution is 0.459. The Morgan fingerprint density at radius 1 is 0.733 bits per heavy atom. The van der Waals surface area contributed by atoms with Crippen molar-refractivity contribution in [3.8, 4) is 11.5 Å². The topological polar surface area (TPSA) is 9.23 Å². The van der Waals surface area contributed by atoms with E-state index in [-0.39, 0.29) is 16.6 Å². The van der Waals surface area contributed by atoms with Gasteiger partial charge in [0.2, 0.25) is 0 Å². The average Bonchev–Trinajstić information content (AvgIpc) is 2.69. The average molecular weight is 405 g/mol. The molecule has 0 aliphatic heterocycles. The van der Waals surface area contributed by atoms with Gasteiger partial charge in [0.1, 0.15) is 17.3 Å². The van der Waals surface area contributed by atoms with Crippen LogP contribution in [0, 0.1) is 5.82 Å². The maximum Gasteiger partial charge on any atom is 0.127 e. The highest BCUT2D eigenvalue weighted by molar-refractivity contribution is 5.34. The van der Waals surface area contributed by atoms with Gasteiger partial charge >= 0.3 is 0 Å². The van der Waals surface area contributed by atoms with E-state index in [1.165, 1.54) is 28.8 Å². The third-order valence-corrected chi connectivity index (χ3v) is 5.75. The van der Waals surface area contributed by atoms with Crippen LogP contribution in [-0.4, -0.2) is 0 Å². The summed E-state index contributed by atoms with van der Waals surface area (Å²) in [5.74, 6) is 1.18. The minimum Gasteiger partial charge on any atom is -0.457 e. The normalized spacial score (nSPS) is 12.1. The Balaban J connectivity index is 1.58. The molecular weight excluding hydrogens is 371 g/mol. The van der Waals surface area contributed by atoms with E-state index in [4.69, 9.17) is 4.74 Å². The summed E-state index contributed by atoms with van der Waals surface area (Å²) in [6.07, 6.45) is 3.23. The Kier molecular flexibility index (Phi) is 6.65. The fourth-order valence-corrected chi connectivity index (χ4v) is 3.70. The van der Waals surface area contributed by atoms with E-state index in [0.29, 0.717) is 5.75 Å². The van der Waals surface area contributed by atoms with Gasteiger partial charge in [0.05, 0.1) is 0 Å². The molecule has 0 radical (unpaired) electrons. The Morgan fingerprint density at radius 3 is 2.00 bits per heavy atom. The number of rotatable bonds is 7. The molecule has 30 heavy (non-hydrogen) atoms. The zero-order valence-electron chi connectivity index (χ0n) is 18.8. The molecule has 0 aliphatic rings.